The van der Waals surface area contributed by atoms with E-state index in [0.717, 1.165) is 11.3 Å². The van der Waals surface area contributed by atoms with Crippen LogP contribution in [0.15, 0.2) is 18.2 Å². The topological polar surface area (TPSA) is 55.6 Å². The molecule has 5 heteroatoms. The van der Waals surface area contributed by atoms with Crippen LogP contribution in [0, 0.1) is 10.1 Å². The van der Waals surface area contributed by atoms with Gasteiger partial charge in [-0.2, -0.15) is 0 Å². The number of hydrogen-bond donors (Lipinski definition) is 0. The van der Waals surface area contributed by atoms with Gasteiger partial charge in [-0.05, 0) is 13.0 Å². The molecular formula is C11H16N2O3. The average molecular weight is 224 g/mol. The van der Waals surface area contributed by atoms with Crippen LogP contribution in [-0.4, -0.2) is 25.6 Å². The quantitative estimate of drug-likeness (QED) is 0.568. The van der Waals surface area contributed by atoms with Crippen molar-refractivity contribution in [2.24, 2.45) is 0 Å². The van der Waals surface area contributed by atoms with E-state index in [-0.39, 0.29) is 5.69 Å². The van der Waals surface area contributed by atoms with Gasteiger partial charge < -0.3 is 9.64 Å². The second kappa shape index (κ2) is 5.46. The van der Waals surface area contributed by atoms with Gasteiger partial charge in [0.15, 0.2) is 0 Å². The fraction of sp³-hybridized carbons (Fsp3) is 0.455. The number of rotatable bonds is 5. The van der Waals surface area contributed by atoms with Crippen molar-refractivity contribution < 1.29 is 9.66 Å². The molecule has 0 saturated carbocycles. The molecule has 16 heavy (non-hydrogen) atoms. The standard InChI is InChI=1S/C11H16N2O3/c1-4-16-8-9-7-10(13(14)15)5-6-11(9)12(2)3/h5-7H,4,8H2,1-3H3. The highest BCUT2D eigenvalue weighted by Gasteiger charge is 2.11. The maximum atomic E-state index is 10.7. The van der Waals surface area contributed by atoms with Gasteiger partial charge in [-0.1, -0.05) is 0 Å². The summed E-state index contributed by atoms with van der Waals surface area (Å²) in [5, 5.41) is 10.7. The number of nitro benzene ring substituents is 1. The highest BCUT2D eigenvalue weighted by molar-refractivity contribution is 5.56. The molecule has 0 N–H and O–H groups in total. The Morgan fingerprint density at radius 1 is 1.44 bits per heavy atom. The molecule has 5 nitrogen and oxygen atoms in total. The van der Waals surface area contributed by atoms with Gasteiger partial charge in [0, 0.05) is 44.1 Å². The van der Waals surface area contributed by atoms with Crippen molar-refractivity contribution >= 4 is 11.4 Å². The lowest BCUT2D eigenvalue weighted by Gasteiger charge is -2.17. The molecule has 1 rings (SSSR count). The Balaban J connectivity index is 3.05. The Bertz CT molecular complexity index is 377. The molecule has 1 aromatic rings. The molecule has 0 unspecified atom stereocenters. The summed E-state index contributed by atoms with van der Waals surface area (Å²) in [5.74, 6) is 0. The molecule has 0 aliphatic carbocycles. The van der Waals surface area contributed by atoms with E-state index >= 15 is 0 Å². The molecule has 0 aliphatic heterocycles. The van der Waals surface area contributed by atoms with Gasteiger partial charge in [0.1, 0.15) is 0 Å². The minimum absolute atomic E-state index is 0.0975. The molecule has 0 spiro atoms. The summed E-state index contributed by atoms with van der Waals surface area (Å²) in [6, 6.07) is 4.81. The van der Waals surface area contributed by atoms with Crippen molar-refractivity contribution in [1.29, 1.82) is 0 Å². The van der Waals surface area contributed by atoms with E-state index in [1.165, 1.54) is 6.07 Å². The van der Waals surface area contributed by atoms with Crippen molar-refractivity contribution in [3.05, 3.63) is 33.9 Å². The lowest BCUT2D eigenvalue weighted by atomic mass is 10.1. The zero-order valence-electron chi connectivity index (χ0n) is 9.77. The van der Waals surface area contributed by atoms with Crippen LogP contribution in [0.3, 0.4) is 0 Å². The average Bonchev–Trinajstić information content (AvgIpc) is 2.25. The first-order chi connectivity index (χ1) is 7.56. The maximum absolute atomic E-state index is 10.7. The van der Waals surface area contributed by atoms with E-state index in [2.05, 4.69) is 0 Å². The van der Waals surface area contributed by atoms with E-state index < -0.39 is 4.92 Å². The summed E-state index contributed by atoms with van der Waals surface area (Å²) in [7, 11) is 3.80. The second-order valence-corrected chi connectivity index (χ2v) is 3.60. The Kier molecular flexibility index (Phi) is 4.25. The highest BCUT2D eigenvalue weighted by Crippen LogP contribution is 2.24. The second-order valence-electron chi connectivity index (χ2n) is 3.60. The van der Waals surface area contributed by atoms with Crippen LogP contribution in [-0.2, 0) is 11.3 Å². The Morgan fingerprint density at radius 3 is 2.62 bits per heavy atom. The van der Waals surface area contributed by atoms with Crippen molar-refractivity contribution in [2.45, 2.75) is 13.5 Å². The molecule has 0 aliphatic rings. The van der Waals surface area contributed by atoms with E-state index in [4.69, 9.17) is 4.74 Å². The summed E-state index contributed by atoms with van der Waals surface area (Å²) in [5.41, 5.74) is 1.88. The van der Waals surface area contributed by atoms with E-state index in [1.807, 2.05) is 25.9 Å². The zero-order valence-corrected chi connectivity index (χ0v) is 9.77. The van der Waals surface area contributed by atoms with Crippen molar-refractivity contribution in [3.63, 3.8) is 0 Å². The van der Waals surface area contributed by atoms with Crippen molar-refractivity contribution in [2.75, 3.05) is 25.6 Å². The smallest absolute Gasteiger partial charge is 0.269 e. The summed E-state index contributed by atoms with van der Waals surface area (Å²) in [4.78, 5) is 12.2. The van der Waals surface area contributed by atoms with Crippen LogP contribution in [0.2, 0.25) is 0 Å². The monoisotopic (exact) mass is 224 g/mol. The molecule has 0 atom stereocenters. The van der Waals surface area contributed by atoms with Crippen LogP contribution in [0.5, 0.6) is 0 Å². The van der Waals surface area contributed by atoms with Crippen molar-refractivity contribution in [3.8, 4) is 0 Å². The lowest BCUT2D eigenvalue weighted by Crippen LogP contribution is -2.12. The predicted molar refractivity (Wildman–Crippen MR) is 62.8 cm³/mol. The minimum Gasteiger partial charge on any atom is -0.377 e. The lowest BCUT2D eigenvalue weighted by molar-refractivity contribution is -0.384. The van der Waals surface area contributed by atoms with Gasteiger partial charge in [-0.3, -0.25) is 10.1 Å². The molecular weight excluding hydrogens is 208 g/mol. The molecule has 1 aromatic carbocycles. The van der Waals surface area contributed by atoms with Crippen LogP contribution in [0.4, 0.5) is 11.4 Å². The summed E-state index contributed by atoms with van der Waals surface area (Å²) < 4.78 is 5.30. The number of non-ortho nitro benzene ring substituents is 1. The molecule has 0 radical (unpaired) electrons. The SMILES string of the molecule is CCOCc1cc([N+](=O)[O-])ccc1N(C)C. The molecule has 0 bridgehead atoms. The Hall–Kier alpha value is -1.62. The number of benzene rings is 1. The zero-order chi connectivity index (χ0) is 12.1. The third-order valence-corrected chi connectivity index (χ3v) is 2.22. The van der Waals surface area contributed by atoms with E-state index in [9.17, 15) is 10.1 Å². The van der Waals surface area contributed by atoms with E-state index in [0.29, 0.717) is 13.2 Å². The van der Waals surface area contributed by atoms with Crippen LogP contribution in [0.25, 0.3) is 0 Å². The van der Waals surface area contributed by atoms with Crippen LogP contribution >= 0.6 is 0 Å². The molecule has 0 saturated heterocycles. The number of nitrogens with zero attached hydrogens (tertiary/aromatic N) is 2. The fourth-order valence-electron chi connectivity index (χ4n) is 1.45. The first kappa shape index (κ1) is 12.4. The molecule has 0 fully saturated rings. The third kappa shape index (κ3) is 2.93. The Labute approximate surface area is 94.8 Å². The van der Waals surface area contributed by atoms with Gasteiger partial charge in [-0.15, -0.1) is 0 Å². The maximum Gasteiger partial charge on any atom is 0.269 e. The first-order valence-corrected chi connectivity index (χ1v) is 5.08. The molecule has 0 aromatic heterocycles. The van der Waals surface area contributed by atoms with Crippen LogP contribution < -0.4 is 4.90 Å². The molecule has 88 valence electrons. The molecule has 0 amide bonds. The van der Waals surface area contributed by atoms with Gasteiger partial charge in [0.25, 0.3) is 5.69 Å². The first-order valence-electron chi connectivity index (χ1n) is 5.08. The van der Waals surface area contributed by atoms with Gasteiger partial charge in [0.2, 0.25) is 0 Å². The summed E-state index contributed by atoms with van der Waals surface area (Å²) >= 11 is 0. The van der Waals surface area contributed by atoms with Crippen molar-refractivity contribution in [1.82, 2.24) is 0 Å². The molecule has 0 heterocycles. The number of hydrogen-bond acceptors (Lipinski definition) is 4. The predicted octanol–water partition coefficient (Wildman–Crippen LogP) is 2.20. The number of nitro groups is 1. The van der Waals surface area contributed by atoms with Crippen LogP contribution in [0.1, 0.15) is 12.5 Å². The fourth-order valence-corrected chi connectivity index (χ4v) is 1.45. The van der Waals surface area contributed by atoms with Gasteiger partial charge in [-0.25, -0.2) is 0 Å². The normalized spacial score (nSPS) is 10.2. The Morgan fingerprint density at radius 2 is 2.12 bits per heavy atom. The highest BCUT2D eigenvalue weighted by atomic mass is 16.6. The minimum atomic E-state index is -0.394. The van der Waals surface area contributed by atoms with Gasteiger partial charge in [0.05, 0.1) is 11.5 Å². The van der Waals surface area contributed by atoms with E-state index in [1.54, 1.807) is 12.1 Å². The largest absolute Gasteiger partial charge is 0.377 e. The van der Waals surface area contributed by atoms with Gasteiger partial charge >= 0.3 is 0 Å². The number of anilines is 1. The number of ether oxygens (including phenoxy) is 1. The summed E-state index contributed by atoms with van der Waals surface area (Å²) in [6.45, 7) is 2.88. The third-order valence-electron chi connectivity index (χ3n) is 2.22. The summed E-state index contributed by atoms with van der Waals surface area (Å²) in [6.07, 6.45) is 0.